The van der Waals surface area contributed by atoms with E-state index >= 15 is 0 Å². The highest BCUT2D eigenvalue weighted by Crippen LogP contribution is 2.20. The summed E-state index contributed by atoms with van der Waals surface area (Å²) in [6, 6.07) is 9.17. The first-order valence-corrected chi connectivity index (χ1v) is 8.50. The van der Waals surface area contributed by atoms with Crippen molar-refractivity contribution >= 4 is 23.6 Å². The van der Waals surface area contributed by atoms with Crippen LogP contribution in [0.4, 0.5) is 5.82 Å². The number of pyridine rings is 1. The van der Waals surface area contributed by atoms with E-state index in [4.69, 9.17) is 27.3 Å². The zero-order chi connectivity index (χ0) is 19.8. The highest BCUT2D eigenvalue weighted by atomic mass is 16.6. The van der Waals surface area contributed by atoms with Gasteiger partial charge < -0.3 is 21.9 Å². The maximum Gasteiger partial charge on any atom is 0.314 e. The number of hydrogen-bond donors (Lipinski definition) is 4. The van der Waals surface area contributed by atoms with Gasteiger partial charge in [0.05, 0.1) is 12.8 Å². The Morgan fingerprint density at radius 1 is 1.07 bits per heavy atom. The predicted octanol–water partition coefficient (Wildman–Crippen LogP) is 0.890. The molecule has 0 bridgehead atoms. The third-order valence-corrected chi connectivity index (χ3v) is 4.00. The molecule has 1 aromatic heterocycles. The Labute approximate surface area is 157 Å². The largest absolute Gasteiger partial charge is 0.393 e. The van der Waals surface area contributed by atoms with E-state index in [-0.39, 0.29) is 25.2 Å². The van der Waals surface area contributed by atoms with Gasteiger partial charge in [0, 0.05) is 18.3 Å². The Balaban J connectivity index is 2.08. The number of ether oxygens (including phenoxy) is 1. The SMILES string of the molecule is N=C(N)c1ccc(Cc2ccnc(N)c2CCC(=O)OC(=O)CCN)cc1. The van der Waals surface area contributed by atoms with Crippen LogP contribution in [0.1, 0.15) is 35.1 Å². The van der Waals surface area contributed by atoms with Crippen molar-refractivity contribution in [2.24, 2.45) is 11.5 Å². The molecular weight excluding hydrogens is 346 g/mol. The number of nitrogens with zero attached hydrogens (tertiary/aromatic N) is 1. The van der Waals surface area contributed by atoms with E-state index in [2.05, 4.69) is 4.98 Å². The van der Waals surface area contributed by atoms with Crippen LogP contribution in [0.2, 0.25) is 0 Å². The highest BCUT2D eigenvalue weighted by Gasteiger charge is 2.14. The molecule has 0 saturated heterocycles. The van der Waals surface area contributed by atoms with Crippen molar-refractivity contribution in [1.29, 1.82) is 5.41 Å². The van der Waals surface area contributed by atoms with Crippen LogP contribution in [0.15, 0.2) is 36.5 Å². The Kier molecular flexibility index (Phi) is 7.01. The minimum atomic E-state index is -0.632. The van der Waals surface area contributed by atoms with E-state index in [1.807, 2.05) is 18.2 Å². The second kappa shape index (κ2) is 9.44. The number of amidine groups is 1. The standard InChI is InChI=1S/C19H23N5O3/c20-9-7-17(26)27-16(25)6-5-15-14(8-10-24-19(15)23)11-12-1-3-13(4-2-12)18(21)22/h1-4,8,10H,5-7,9,11,20H2,(H3,21,22)(H2,23,24). The number of carbonyl (C=O) groups excluding carboxylic acids is 2. The van der Waals surface area contributed by atoms with E-state index in [0.29, 0.717) is 24.2 Å². The van der Waals surface area contributed by atoms with Crippen LogP contribution in [-0.4, -0.2) is 29.3 Å². The summed E-state index contributed by atoms with van der Waals surface area (Å²) >= 11 is 0. The number of nitrogens with two attached hydrogens (primary N) is 3. The number of nitrogens with one attached hydrogen (secondary N) is 1. The minimum Gasteiger partial charge on any atom is -0.393 e. The van der Waals surface area contributed by atoms with Gasteiger partial charge in [0.1, 0.15) is 11.7 Å². The van der Waals surface area contributed by atoms with Gasteiger partial charge in [0.25, 0.3) is 0 Å². The van der Waals surface area contributed by atoms with Gasteiger partial charge in [-0.3, -0.25) is 15.0 Å². The summed E-state index contributed by atoms with van der Waals surface area (Å²) in [5, 5.41) is 7.44. The van der Waals surface area contributed by atoms with Crippen LogP contribution in [0.25, 0.3) is 0 Å². The fourth-order valence-electron chi connectivity index (χ4n) is 2.60. The van der Waals surface area contributed by atoms with E-state index in [1.54, 1.807) is 18.3 Å². The summed E-state index contributed by atoms with van der Waals surface area (Å²) < 4.78 is 4.70. The smallest absolute Gasteiger partial charge is 0.314 e. The van der Waals surface area contributed by atoms with Crippen LogP contribution in [0.5, 0.6) is 0 Å². The number of anilines is 1. The zero-order valence-electron chi connectivity index (χ0n) is 14.9. The van der Waals surface area contributed by atoms with Crippen LogP contribution in [-0.2, 0) is 27.2 Å². The second-order valence-corrected chi connectivity index (χ2v) is 6.01. The average molecular weight is 369 g/mol. The van der Waals surface area contributed by atoms with Crippen LogP contribution >= 0.6 is 0 Å². The first-order valence-electron chi connectivity index (χ1n) is 8.50. The summed E-state index contributed by atoms with van der Waals surface area (Å²) in [5.41, 5.74) is 20.0. The summed E-state index contributed by atoms with van der Waals surface area (Å²) in [6.07, 6.45) is 2.53. The number of rotatable bonds is 8. The summed E-state index contributed by atoms with van der Waals surface area (Å²) in [6.45, 7) is 0.133. The molecular formula is C19H23N5O3. The molecule has 0 unspecified atom stereocenters. The monoisotopic (exact) mass is 369 g/mol. The highest BCUT2D eigenvalue weighted by molar-refractivity contribution is 5.94. The van der Waals surface area contributed by atoms with E-state index in [9.17, 15) is 9.59 Å². The molecule has 8 nitrogen and oxygen atoms in total. The molecule has 0 amide bonds. The topological polar surface area (TPSA) is 158 Å². The number of benzene rings is 1. The molecule has 142 valence electrons. The Morgan fingerprint density at radius 3 is 2.37 bits per heavy atom. The lowest BCUT2D eigenvalue weighted by Gasteiger charge is -2.12. The van der Waals surface area contributed by atoms with Crippen molar-refractivity contribution in [1.82, 2.24) is 4.98 Å². The van der Waals surface area contributed by atoms with Crippen molar-refractivity contribution in [3.63, 3.8) is 0 Å². The van der Waals surface area contributed by atoms with E-state index < -0.39 is 11.9 Å². The molecule has 1 aromatic carbocycles. The molecule has 0 aliphatic rings. The molecule has 2 rings (SSSR count). The number of carbonyl (C=O) groups is 2. The van der Waals surface area contributed by atoms with Gasteiger partial charge in [-0.25, -0.2) is 4.98 Å². The number of aromatic nitrogens is 1. The van der Waals surface area contributed by atoms with Crippen LogP contribution < -0.4 is 17.2 Å². The lowest BCUT2D eigenvalue weighted by molar-refractivity contribution is -0.159. The first-order chi connectivity index (χ1) is 12.9. The fraction of sp³-hybridized carbons (Fsp3) is 0.263. The molecule has 2 aromatic rings. The molecule has 27 heavy (non-hydrogen) atoms. The molecule has 0 saturated carbocycles. The van der Waals surface area contributed by atoms with Crippen molar-refractivity contribution in [2.75, 3.05) is 12.3 Å². The van der Waals surface area contributed by atoms with Gasteiger partial charge in [-0.2, -0.15) is 0 Å². The quantitative estimate of drug-likeness (QED) is 0.233. The maximum atomic E-state index is 11.8. The first kappa shape index (κ1) is 20.1. The minimum absolute atomic E-state index is 0.00226. The summed E-state index contributed by atoms with van der Waals surface area (Å²) in [4.78, 5) is 27.2. The number of esters is 2. The maximum absolute atomic E-state index is 11.8. The third kappa shape index (κ3) is 5.89. The molecule has 0 spiro atoms. The average Bonchev–Trinajstić information content (AvgIpc) is 2.62. The molecule has 0 aliphatic heterocycles. The van der Waals surface area contributed by atoms with Crippen LogP contribution in [0, 0.1) is 5.41 Å². The van der Waals surface area contributed by atoms with E-state index in [0.717, 1.165) is 16.7 Å². The molecule has 0 radical (unpaired) electrons. The van der Waals surface area contributed by atoms with Gasteiger partial charge in [0.2, 0.25) is 0 Å². The van der Waals surface area contributed by atoms with E-state index in [1.165, 1.54) is 0 Å². The summed E-state index contributed by atoms with van der Waals surface area (Å²) in [7, 11) is 0. The number of nitrogen functional groups attached to an aromatic ring is 2. The van der Waals surface area contributed by atoms with Crippen molar-refractivity contribution < 1.29 is 14.3 Å². The Morgan fingerprint density at radius 2 is 1.74 bits per heavy atom. The Hall–Kier alpha value is -3.26. The molecule has 7 N–H and O–H groups in total. The van der Waals surface area contributed by atoms with Crippen LogP contribution in [0.3, 0.4) is 0 Å². The second-order valence-electron chi connectivity index (χ2n) is 6.01. The molecule has 0 atom stereocenters. The van der Waals surface area contributed by atoms with Gasteiger partial charge >= 0.3 is 11.9 Å². The van der Waals surface area contributed by atoms with Crippen molar-refractivity contribution in [3.05, 3.63) is 58.8 Å². The van der Waals surface area contributed by atoms with Crippen molar-refractivity contribution in [3.8, 4) is 0 Å². The van der Waals surface area contributed by atoms with Gasteiger partial charge in [0.15, 0.2) is 0 Å². The lowest BCUT2D eigenvalue weighted by Crippen LogP contribution is -2.16. The summed E-state index contributed by atoms with van der Waals surface area (Å²) in [5.74, 6) is -0.895. The molecule has 0 fully saturated rings. The third-order valence-electron chi connectivity index (χ3n) is 4.00. The molecule has 0 aliphatic carbocycles. The normalized spacial score (nSPS) is 10.4. The zero-order valence-corrected chi connectivity index (χ0v) is 14.9. The van der Waals surface area contributed by atoms with Crippen molar-refractivity contribution in [2.45, 2.75) is 25.7 Å². The van der Waals surface area contributed by atoms with Gasteiger partial charge in [-0.05, 0) is 35.6 Å². The molecule has 8 heteroatoms. The lowest BCUT2D eigenvalue weighted by atomic mass is 9.97. The molecule has 1 heterocycles. The number of hydrogen-bond acceptors (Lipinski definition) is 7. The van der Waals surface area contributed by atoms with Gasteiger partial charge in [-0.1, -0.05) is 24.3 Å². The van der Waals surface area contributed by atoms with Gasteiger partial charge in [-0.15, -0.1) is 0 Å². The fourth-order valence-corrected chi connectivity index (χ4v) is 2.60. The Bertz CT molecular complexity index is 834. The predicted molar refractivity (Wildman–Crippen MR) is 102 cm³/mol.